The first-order chi connectivity index (χ1) is 11.2. The van der Waals surface area contributed by atoms with Gasteiger partial charge in [0.1, 0.15) is 17.1 Å². The van der Waals surface area contributed by atoms with Crippen molar-refractivity contribution in [3.05, 3.63) is 64.1 Å². The van der Waals surface area contributed by atoms with Gasteiger partial charge in [0.15, 0.2) is 0 Å². The van der Waals surface area contributed by atoms with Crippen LogP contribution < -0.4 is 10.3 Å². The highest BCUT2D eigenvalue weighted by Crippen LogP contribution is 2.14. The molecule has 0 radical (unpaired) electrons. The van der Waals surface area contributed by atoms with Gasteiger partial charge in [0.05, 0.1) is 19.3 Å². The fourth-order valence-corrected chi connectivity index (χ4v) is 2.82. The first-order valence-corrected chi connectivity index (χ1v) is 7.90. The first kappa shape index (κ1) is 15.3. The second-order valence-electron chi connectivity index (χ2n) is 5.48. The Morgan fingerprint density at radius 3 is 2.43 bits per heavy atom. The molecule has 3 rings (SSSR count). The van der Waals surface area contributed by atoms with E-state index in [2.05, 4.69) is 11.9 Å². The molecule has 0 aliphatic carbocycles. The Balaban J connectivity index is 2.04. The van der Waals surface area contributed by atoms with Crippen LogP contribution in [0, 0.1) is 0 Å². The molecule has 2 aromatic heterocycles. The number of fused-ring (bicyclic) bond motifs is 1. The highest BCUT2D eigenvalue weighted by atomic mass is 16.5. The molecule has 0 atom stereocenters. The lowest BCUT2D eigenvalue weighted by Gasteiger charge is -2.08. The molecule has 23 heavy (non-hydrogen) atoms. The summed E-state index contributed by atoms with van der Waals surface area (Å²) < 4.78 is 8.82. The zero-order valence-electron chi connectivity index (χ0n) is 13.7. The standard InChI is InChI=1S/C18H21N3O2/c1-4-15-17-18(22)20(10-11-21(17)16(5-2)19-15)12-13-6-8-14(23-3)9-7-13/h6-11H,4-5,12H2,1-3H3. The molecule has 5 nitrogen and oxygen atoms in total. The van der Waals surface area contributed by atoms with E-state index >= 15 is 0 Å². The molecule has 0 saturated heterocycles. The predicted molar refractivity (Wildman–Crippen MR) is 90.3 cm³/mol. The number of aryl methyl sites for hydroxylation is 2. The van der Waals surface area contributed by atoms with Gasteiger partial charge in [-0.3, -0.25) is 9.20 Å². The molecular formula is C18H21N3O2. The largest absolute Gasteiger partial charge is 0.497 e. The molecule has 0 aliphatic rings. The van der Waals surface area contributed by atoms with Gasteiger partial charge >= 0.3 is 0 Å². The third-order valence-corrected chi connectivity index (χ3v) is 4.08. The van der Waals surface area contributed by atoms with Crippen LogP contribution >= 0.6 is 0 Å². The summed E-state index contributed by atoms with van der Waals surface area (Å²) in [4.78, 5) is 17.4. The van der Waals surface area contributed by atoms with Crippen LogP contribution in [0.15, 0.2) is 41.5 Å². The molecule has 0 saturated carbocycles. The summed E-state index contributed by atoms with van der Waals surface area (Å²) in [5.74, 6) is 1.75. The lowest BCUT2D eigenvalue weighted by Crippen LogP contribution is -2.22. The number of ether oxygens (including phenoxy) is 1. The van der Waals surface area contributed by atoms with Crippen molar-refractivity contribution in [3.63, 3.8) is 0 Å². The van der Waals surface area contributed by atoms with Crippen LogP contribution in [0.1, 0.15) is 30.9 Å². The highest BCUT2D eigenvalue weighted by Gasteiger charge is 2.13. The summed E-state index contributed by atoms with van der Waals surface area (Å²) in [6, 6.07) is 7.77. The number of imidazole rings is 1. The van der Waals surface area contributed by atoms with Crippen molar-refractivity contribution in [2.75, 3.05) is 7.11 Å². The van der Waals surface area contributed by atoms with E-state index in [1.54, 1.807) is 11.7 Å². The fraction of sp³-hybridized carbons (Fsp3) is 0.333. The van der Waals surface area contributed by atoms with Crippen LogP contribution in [-0.2, 0) is 19.4 Å². The number of hydrogen-bond donors (Lipinski definition) is 0. The normalized spacial score (nSPS) is 11.1. The summed E-state index contributed by atoms with van der Waals surface area (Å²) in [7, 11) is 1.64. The van der Waals surface area contributed by atoms with E-state index in [1.165, 1.54) is 0 Å². The molecule has 2 heterocycles. The third kappa shape index (κ3) is 2.74. The molecule has 1 aromatic carbocycles. The minimum atomic E-state index is 0.00682. The summed E-state index contributed by atoms with van der Waals surface area (Å²) in [5.41, 5.74) is 2.63. The minimum absolute atomic E-state index is 0.00682. The van der Waals surface area contributed by atoms with Gasteiger partial charge < -0.3 is 9.30 Å². The number of methoxy groups -OCH3 is 1. The molecule has 0 fully saturated rings. The van der Waals surface area contributed by atoms with E-state index in [1.807, 2.05) is 48.0 Å². The molecule has 0 spiro atoms. The van der Waals surface area contributed by atoms with Crippen molar-refractivity contribution in [2.45, 2.75) is 33.2 Å². The van der Waals surface area contributed by atoms with E-state index in [0.717, 1.165) is 35.7 Å². The summed E-state index contributed by atoms with van der Waals surface area (Å²) in [5, 5.41) is 0. The van der Waals surface area contributed by atoms with Crippen molar-refractivity contribution in [1.29, 1.82) is 0 Å². The number of nitrogens with zero attached hydrogens (tertiary/aromatic N) is 3. The molecule has 3 aromatic rings. The fourth-order valence-electron chi connectivity index (χ4n) is 2.82. The third-order valence-electron chi connectivity index (χ3n) is 4.08. The molecule has 0 N–H and O–H groups in total. The van der Waals surface area contributed by atoms with Gasteiger partial charge in [-0.1, -0.05) is 26.0 Å². The number of rotatable bonds is 5. The van der Waals surface area contributed by atoms with Gasteiger partial charge in [-0.25, -0.2) is 4.98 Å². The van der Waals surface area contributed by atoms with Crippen molar-refractivity contribution in [1.82, 2.24) is 14.0 Å². The van der Waals surface area contributed by atoms with E-state index < -0.39 is 0 Å². The summed E-state index contributed by atoms with van der Waals surface area (Å²) in [6.07, 6.45) is 5.33. The molecular weight excluding hydrogens is 290 g/mol. The van der Waals surface area contributed by atoms with Gasteiger partial charge in [0.2, 0.25) is 0 Å². The monoisotopic (exact) mass is 311 g/mol. The lowest BCUT2D eigenvalue weighted by molar-refractivity contribution is 0.414. The second-order valence-corrected chi connectivity index (χ2v) is 5.48. The Kier molecular flexibility index (Phi) is 4.19. The molecule has 5 heteroatoms. The first-order valence-electron chi connectivity index (χ1n) is 7.90. The van der Waals surface area contributed by atoms with Crippen LogP contribution in [0.3, 0.4) is 0 Å². The highest BCUT2D eigenvalue weighted by molar-refractivity contribution is 5.51. The lowest BCUT2D eigenvalue weighted by atomic mass is 10.2. The molecule has 120 valence electrons. The van der Waals surface area contributed by atoms with E-state index in [9.17, 15) is 4.79 Å². The number of hydrogen-bond acceptors (Lipinski definition) is 3. The van der Waals surface area contributed by atoms with Crippen LogP contribution in [0.4, 0.5) is 0 Å². The Morgan fingerprint density at radius 1 is 1.09 bits per heavy atom. The van der Waals surface area contributed by atoms with E-state index in [4.69, 9.17) is 4.74 Å². The molecule has 0 aliphatic heterocycles. The Bertz CT molecular complexity index is 876. The predicted octanol–water partition coefficient (Wildman–Crippen LogP) is 2.68. The van der Waals surface area contributed by atoms with Gasteiger partial charge in [0, 0.05) is 18.8 Å². The van der Waals surface area contributed by atoms with Crippen molar-refractivity contribution in [3.8, 4) is 5.75 Å². The Labute approximate surface area is 135 Å². The SMILES string of the molecule is CCc1nc(CC)n2ccn(Cc3ccc(OC)cc3)c(=O)c12. The van der Waals surface area contributed by atoms with E-state index in [-0.39, 0.29) is 5.56 Å². The maximum atomic E-state index is 12.8. The zero-order valence-corrected chi connectivity index (χ0v) is 13.7. The van der Waals surface area contributed by atoms with Crippen molar-refractivity contribution in [2.24, 2.45) is 0 Å². The Hall–Kier alpha value is -2.56. The van der Waals surface area contributed by atoms with E-state index in [0.29, 0.717) is 12.1 Å². The number of benzene rings is 1. The topological polar surface area (TPSA) is 48.5 Å². The van der Waals surface area contributed by atoms with Crippen LogP contribution in [0.25, 0.3) is 5.52 Å². The average molecular weight is 311 g/mol. The molecule has 0 amide bonds. The zero-order chi connectivity index (χ0) is 16.4. The van der Waals surface area contributed by atoms with Crippen LogP contribution in [-0.4, -0.2) is 21.1 Å². The average Bonchev–Trinajstić information content (AvgIpc) is 2.96. The van der Waals surface area contributed by atoms with Crippen LogP contribution in [0.5, 0.6) is 5.75 Å². The van der Waals surface area contributed by atoms with Gasteiger partial charge in [-0.15, -0.1) is 0 Å². The molecule has 0 bridgehead atoms. The van der Waals surface area contributed by atoms with Crippen molar-refractivity contribution < 1.29 is 4.74 Å². The maximum Gasteiger partial charge on any atom is 0.277 e. The maximum absolute atomic E-state index is 12.8. The van der Waals surface area contributed by atoms with Crippen molar-refractivity contribution >= 4 is 5.52 Å². The summed E-state index contributed by atoms with van der Waals surface area (Å²) >= 11 is 0. The number of aromatic nitrogens is 3. The van der Waals surface area contributed by atoms with Gasteiger partial charge in [-0.05, 0) is 24.1 Å². The van der Waals surface area contributed by atoms with Gasteiger partial charge in [0.25, 0.3) is 5.56 Å². The van der Waals surface area contributed by atoms with Gasteiger partial charge in [-0.2, -0.15) is 0 Å². The quantitative estimate of drug-likeness (QED) is 0.728. The second kappa shape index (κ2) is 6.28. The Morgan fingerprint density at radius 2 is 1.83 bits per heavy atom. The van der Waals surface area contributed by atoms with Crippen LogP contribution in [0.2, 0.25) is 0 Å². The smallest absolute Gasteiger partial charge is 0.277 e. The molecule has 0 unspecified atom stereocenters. The minimum Gasteiger partial charge on any atom is -0.497 e. The summed E-state index contributed by atoms with van der Waals surface area (Å²) in [6.45, 7) is 4.62.